The van der Waals surface area contributed by atoms with E-state index in [2.05, 4.69) is 16.2 Å². The van der Waals surface area contributed by atoms with Gasteiger partial charge in [-0.25, -0.2) is 4.39 Å². The monoisotopic (exact) mass is 540 g/mol. The minimum Gasteiger partial charge on any atom is -0.493 e. The van der Waals surface area contributed by atoms with Gasteiger partial charge in [0.1, 0.15) is 5.82 Å². The number of carbonyl (C=O) groups is 3. The smallest absolute Gasteiger partial charge is 0.262 e. The number of halogens is 2. The van der Waals surface area contributed by atoms with Gasteiger partial charge in [-0.1, -0.05) is 41.4 Å². The molecule has 1 heterocycles. The molecule has 11 heteroatoms. The molecule has 0 saturated carbocycles. The first-order valence-electron chi connectivity index (χ1n) is 11.7. The van der Waals surface area contributed by atoms with E-state index in [1.807, 2.05) is 31.2 Å². The Balaban J connectivity index is 1.34. The molecule has 9 nitrogen and oxygen atoms in total. The van der Waals surface area contributed by atoms with E-state index >= 15 is 0 Å². The lowest BCUT2D eigenvalue weighted by atomic mass is 10.1. The van der Waals surface area contributed by atoms with Crippen LogP contribution in [0.2, 0.25) is 5.02 Å². The van der Waals surface area contributed by atoms with Gasteiger partial charge in [-0.15, -0.1) is 0 Å². The molecule has 0 bridgehead atoms. The number of methoxy groups -OCH3 is 1. The van der Waals surface area contributed by atoms with Crippen molar-refractivity contribution in [3.63, 3.8) is 0 Å². The van der Waals surface area contributed by atoms with Crippen molar-refractivity contribution in [2.75, 3.05) is 35.9 Å². The molecular weight excluding hydrogens is 515 g/mol. The Morgan fingerprint density at radius 2 is 1.87 bits per heavy atom. The van der Waals surface area contributed by atoms with Gasteiger partial charge in [-0.3, -0.25) is 25.2 Å². The van der Waals surface area contributed by atoms with Crippen molar-refractivity contribution in [1.82, 2.24) is 5.43 Å². The minimum atomic E-state index is -0.589. The van der Waals surface area contributed by atoms with E-state index in [-0.39, 0.29) is 47.0 Å². The van der Waals surface area contributed by atoms with Crippen molar-refractivity contribution in [1.29, 1.82) is 0 Å². The van der Waals surface area contributed by atoms with Gasteiger partial charge in [-0.05, 0) is 37.3 Å². The highest BCUT2D eigenvalue weighted by Gasteiger charge is 2.35. The zero-order chi connectivity index (χ0) is 27.2. The summed E-state index contributed by atoms with van der Waals surface area (Å²) in [5.74, 6) is -1.87. The summed E-state index contributed by atoms with van der Waals surface area (Å²) >= 11 is 6.34. The van der Waals surface area contributed by atoms with Gasteiger partial charge in [0.2, 0.25) is 11.8 Å². The molecule has 198 valence electrons. The van der Waals surface area contributed by atoms with Gasteiger partial charge in [0.05, 0.1) is 29.4 Å². The van der Waals surface area contributed by atoms with Gasteiger partial charge in [-0.2, -0.15) is 0 Å². The maximum atomic E-state index is 13.7. The number of benzene rings is 3. The normalized spacial score (nSPS) is 14.7. The average molecular weight is 541 g/mol. The van der Waals surface area contributed by atoms with E-state index in [0.29, 0.717) is 5.69 Å². The van der Waals surface area contributed by atoms with Crippen molar-refractivity contribution < 1.29 is 28.2 Å². The van der Waals surface area contributed by atoms with Crippen molar-refractivity contribution in [2.45, 2.75) is 13.3 Å². The number of hydrazine groups is 1. The van der Waals surface area contributed by atoms with E-state index in [1.54, 1.807) is 11.0 Å². The molecule has 3 aromatic rings. The minimum absolute atomic E-state index is 0.0281. The predicted molar refractivity (Wildman–Crippen MR) is 142 cm³/mol. The van der Waals surface area contributed by atoms with Crippen LogP contribution in [0.5, 0.6) is 11.5 Å². The molecule has 1 aliphatic heterocycles. The molecule has 38 heavy (non-hydrogen) atoms. The summed E-state index contributed by atoms with van der Waals surface area (Å²) in [6.45, 7) is 1.78. The summed E-state index contributed by atoms with van der Waals surface area (Å²) in [6, 6.07) is 16.3. The number of nitrogens with one attached hydrogen (secondary N) is 3. The SMILES string of the molecule is COc1cc(NNC(=O)[C@H]2CC(=O)N(c3ccc(C)cc3)C2)cc(Cl)c1OCC(=O)Nc1ccccc1F. The van der Waals surface area contributed by atoms with Crippen LogP contribution in [0, 0.1) is 18.7 Å². The third-order valence-electron chi connectivity index (χ3n) is 5.90. The number of aryl methyl sites for hydroxylation is 1. The number of nitrogens with zero attached hydrogens (tertiary/aromatic N) is 1. The van der Waals surface area contributed by atoms with Crippen LogP contribution in [-0.4, -0.2) is 38.0 Å². The fraction of sp³-hybridized carbons (Fsp3) is 0.222. The summed E-state index contributed by atoms with van der Waals surface area (Å²) in [6.07, 6.45) is 0.0905. The van der Waals surface area contributed by atoms with E-state index in [0.717, 1.165) is 11.3 Å². The quantitative estimate of drug-likeness (QED) is 0.349. The second-order valence-electron chi connectivity index (χ2n) is 8.66. The van der Waals surface area contributed by atoms with Gasteiger partial charge in [0.25, 0.3) is 5.91 Å². The van der Waals surface area contributed by atoms with Crippen molar-refractivity contribution >= 4 is 46.4 Å². The van der Waals surface area contributed by atoms with Crippen LogP contribution in [0.15, 0.2) is 60.7 Å². The third kappa shape index (κ3) is 6.33. The van der Waals surface area contributed by atoms with Gasteiger partial charge in [0, 0.05) is 24.7 Å². The Morgan fingerprint density at radius 1 is 1.13 bits per heavy atom. The first-order chi connectivity index (χ1) is 18.2. The topological polar surface area (TPSA) is 109 Å². The van der Waals surface area contributed by atoms with Crippen LogP contribution in [0.25, 0.3) is 0 Å². The first-order valence-corrected chi connectivity index (χ1v) is 12.1. The highest BCUT2D eigenvalue weighted by Crippen LogP contribution is 2.38. The summed E-state index contributed by atoms with van der Waals surface area (Å²) in [5.41, 5.74) is 7.62. The molecule has 0 aliphatic carbocycles. The fourth-order valence-electron chi connectivity index (χ4n) is 3.91. The standard InChI is InChI=1S/C27H26ClFN4O5/c1-16-7-9-19(10-8-16)33-14-17(11-25(33)35)27(36)32-31-18-12-20(28)26(23(13-18)37-2)38-15-24(34)30-22-6-4-3-5-21(22)29/h3-10,12-13,17,31H,11,14-15H2,1-2H3,(H,30,34)(H,32,36)/t17-/m0/s1. The maximum Gasteiger partial charge on any atom is 0.262 e. The van der Waals surface area contributed by atoms with Crippen molar-refractivity contribution in [2.24, 2.45) is 5.92 Å². The van der Waals surface area contributed by atoms with Crippen molar-refractivity contribution in [3.8, 4) is 11.5 Å². The lowest BCUT2D eigenvalue weighted by molar-refractivity contribution is -0.125. The number of hydrogen-bond donors (Lipinski definition) is 3. The lowest BCUT2D eigenvalue weighted by Crippen LogP contribution is -2.36. The highest BCUT2D eigenvalue weighted by molar-refractivity contribution is 6.32. The van der Waals surface area contributed by atoms with Gasteiger partial charge >= 0.3 is 0 Å². The summed E-state index contributed by atoms with van der Waals surface area (Å²) in [4.78, 5) is 39.0. The third-order valence-corrected chi connectivity index (χ3v) is 6.18. The van der Waals surface area contributed by atoms with Gasteiger partial charge in [0.15, 0.2) is 18.1 Å². The highest BCUT2D eigenvalue weighted by atomic mass is 35.5. The zero-order valence-electron chi connectivity index (χ0n) is 20.7. The van der Waals surface area contributed by atoms with Crippen LogP contribution < -0.4 is 30.5 Å². The van der Waals surface area contributed by atoms with Crippen LogP contribution >= 0.6 is 11.6 Å². The van der Waals surface area contributed by atoms with Crippen LogP contribution in [-0.2, 0) is 14.4 Å². The zero-order valence-corrected chi connectivity index (χ0v) is 21.5. The van der Waals surface area contributed by atoms with Crippen molar-refractivity contribution in [3.05, 3.63) is 77.1 Å². The van der Waals surface area contributed by atoms with Gasteiger partial charge < -0.3 is 19.7 Å². The summed E-state index contributed by atoms with van der Waals surface area (Å²) < 4.78 is 24.6. The number of hydrogen-bond acceptors (Lipinski definition) is 6. The largest absolute Gasteiger partial charge is 0.493 e. The number of rotatable bonds is 9. The van der Waals surface area contributed by atoms with E-state index in [9.17, 15) is 18.8 Å². The molecule has 3 aromatic carbocycles. The van der Waals surface area contributed by atoms with E-state index in [4.69, 9.17) is 21.1 Å². The molecular formula is C27H26ClFN4O5. The predicted octanol–water partition coefficient (Wildman–Crippen LogP) is 4.31. The number of carbonyl (C=O) groups excluding carboxylic acids is 3. The summed E-state index contributed by atoms with van der Waals surface area (Å²) in [7, 11) is 1.39. The van der Waals surface area contributed by atoms with Crippen LogP contribution in [0.4, 0.5) is 21.5 Å². The molecule has 1 aliphatic rings. The molecule has 3 N–H and O–H groups in total. The fourth-order valence-corrected chi connectivity index (χ4v) is 4.18. The number of amides is 3. The average Bonchev–Trinajstić information content (AvgIpc) is 3.29. The van der Waals surface area contributed by atoms with Crippen LogP contribution in [0.1, 0.15) is 12.0 Å². The molecule has 1 saturated heterocycles. The maximum absolute atomic E-state index is 13.7. The molecule has 1 atom stereocenters. The second-order valence-corrected chi connectivity index (χ2v) is 9.07. The summed E-state index contributed by atoms with van der Waals surface area (Å²) in [5, 5.41) is 2.53. The number of para-hydroxylation sites is 1. The molecule has 0 unspecified atom stereocenters. The first kappa shape index (κ1) is 26.7. The second kappa shape index (κ2) is 11.8. The molecule has 3 amide bonds. The Labute approximate surface area is 223 Å². The Morgan fingerprint density at radius 3 is 2.58 bits per heavy atom. The molecule has 0 radical (unpaired) electrons. The van der Waals surface area contributed by atoms with E-state index < -0.39 is 24.2 Å². The Kier molecular flexibility index (Phi) is 8.32. The molecule has 4 rings (SSSR count). The Bertz CT molecular complexity index is 1350. The molecule has 1 fully saturated rings. The lowest BCUT2D eigenvalue weighted by Gasteiger charge is -2.18. The van der Waals surface area contributed by atoms with Crippen LogP contribution in [0.3, 0.4) is 0 Å². The molecule has 0 aromatic heterocycles. The Hall–Kier alpha value is -4.31. The molecule has 0 spiro atoms. The number of ether oxygens (including phenoxy) is 2. The van der Waals surface area contributed by atoms with E-state index in [1.165, 1.54) is 37.4 Å². The number of anilines is 3.